The van der Waals surface area contributed by atoms with Crippen molar-refractivity contribution in [2.45, 2.75) is 12.8 Å². The Kier molecular flexibility index (Phi) is 4.10. The number of Topliss-reactive ketones (excluding diaryl/α,β-unsaturated/α-hetero) is 1. The maximum atomic E-state index is 11.9. The van der Waals surface area contributed by atoms with Crippen LogP contribution in [0.25, 0.3) is 0 Å². The summed E-state index contributed by atoms with van der Waals surface area (Å²) >= 11 is 3.49. The molecule has 0 amide bonds. The lowest BCUT2D eigenvalue weighted by Crippen LogP contribution is -2.01. The molecule has 0 aromatic heterocycles. The van der Waals surface area contributed by atoms with Crippen molar-refractivity contribution in [3.8, 4) is 0 Å². The van der Waals surface area contributed by atoms with Crippen LogP contribution in [0.2, 0.25) is 0 Å². The Labute approximate surface area is 110 Å². The molecule has 0 saturated carbocycles. The molecule has 17 heavy (non-hydrogen) atoms. The number of ketones is 1. The van der Waals surface area contributed by atoms with Crippen LogP contribution in [0.1, 0.15) is 22.3 Å². The van der Waals surface area contributed by atoms with Gasteiger partial charge in [0.1, 0.15) is 0 Å². The third-order valence-corrected chi connectivity index (χ3v) is 3.45. The molecule has 2 rings (SSSR count). The smallest absolute Gasteiger partial charge is 0.163 e. The zero-order valence-electron chi connectivity index (χ0n) is 9.40. The lowest BCUT2D eigenvalue weighted by atomic mass is 10.0. The van der Waals surface area contributed by atoms with Crippen molar-refractivity contribution in [1.82, 2.24) is 0 Å². The van der Waals surface area contributed by atoms with Gasteiger partial charge in [-0.3, -0.25) is 4.79 Å². The molecule has 0 aliphatic rings. The molecule has 0 aliphatic heterocycles. The molecule has 0 fully saturated rings. The van der Waals surface area contributed by atoms with E-state index in [1.807, 2.05) is 54.6 Å². The molecule has 86 valence electrons. The van der Waals surface area contributed by atoms with Gasteiger partial charge in [-0.2, -0.15) is 0 Å². The molecule has 0 aliphatic carbocycles. The zero-order valence-corrected chi connectivity index (χ0v) is 11.0. The lowest BCUT2D eigenvalue weighted by molar-refractivity contribution is 0.0983. The average molecular weight is 289 g/mol. The van der Waals surface area contributed by atoms with E-state index in [1.165, 1.54) is 5.56 Å². The summed E-state index contributed by atoms with van der Waals surface area (Å²) in [6.07, 6.45) is 1.32. The summed E-state index contributed by atoms with van der Waals surface area (Å²) in [6, 6.07) is 17.5. The normalized spacial score (nSPS) is 10.2. The van der Waals surface area contributed by atoms with E-state index in [-0.39, 0.29) is 5.78 Å². The summed E-state index contributed by atoms with van der Waals surface area (Å²) in [7, 11) is 0. The molecule has 0 unspecified atom stereocenters. The SMILES string of the molecule is O=C(CCc1ccccc1Br)c1ccccc1. The fourth-order valence-corrected chi connectivity index (χ4v) is 2.20. The number of hydrogen-bond donors (Lipinski definition) is 0. The monoisotopic (exact) mass is 288 g/mol. The number of carbonyl (C=O) groups excluding carboxylic acids is 1. The first-order valence-electron chi connectivity index (χ1n) is 5.59. The Bertz CT molecular complexity index is 505. The fourth-order valence-electron chi connectivity index (χ4n) is 1.72. The molecule has 2 aromatic rings. The van der Waals surface area contributed by atoms with Gasteiger partial charge in [-0.1, -0.05) is 64.5 Å². The summed E-state index contributed by atoms with van der Waals surface area (Å²) in [6.45, 7) is 0. The Balaban J connectivity index is 2.00. The van der Waals surface area contributed by atoms with Crippen LogP contribution < -0.4 is 0 Å². The van der Waals surface area contributed by atoms with Gasteiger partial charge in [-0.05, 0) is 18.1 Å². The minimum absolute atomic E-state index is 0.196. The van der Waals surface area contributed by atoms with E-state index in [0.29, 0.717) is 6.42 Å². The second kappa shape index (κ2) is 5.78. The molecule has 0 heterocycles. The van der Waals surface area contributed by atoms with E-state index in [4.69, 9.17) is 0 Å². The van der Waals surface area contributed by atoms with E-state index in [9.17, 15) is 4.79 Å². The quantitative estimate of drug-likeness (QED) is 0.768. The predicted molar refractivity (Wildman–Crippen MR) is 73.2 cm³/mol. The van der Waals surface area contributed by atoms with Crippen LogP contribution in [-0.4, -0.2) is 5.78 Å². The van der Waals surface area contributed by atoms with Gasteiger partial charge in [0.25, 0.3) is 0 Å². The predicted octanol–water partition coefficient (Wildman–Crippen LogP) is 4.26. The first-order chi connectivity index (χ1) is 8.27. The summed E-state index contributed by atoms with van der Waals surface area (Å²) in [5.74, 6) is 0.196. The maximum Gasteiger partial charge on any atom is 0.163 e. The molecule has 0 radical (unpaired) electrons. The third-order valence-electron chi connectivity index (χ3n) is 2.68. The van der Waals surface area contributed by atoms with Gasteiger partial charge in [0.2, 0.25) is 0 Å². The van der Waals surface area contributed by atoms with Crippen molar-refractivity contribution in [1.29, 1.82) is 0 Å². The number of halogens is 1. The van der Waals surface area contributed by atoms with Gasteiger partial charge in [-0.15, -0.1) is 0 Å². The number of benzene rings is 2. The highest BCUT2D eigenvalue weighted by Crippen LogP contribution is 2.18. The highest BCUT2D eigenvalue weighted by atomic mass is 79.9. The number of hydrogen-bond acceptors (Lipinski definition) is 1. The molecular weight excluding hydrogens is 276 g/mol. The minimum Gasteiger partial charge on any atom is -0.294 e. The van der Waals surface area contributed by atoms with E-state index in [1.54, 1.807) is 0 Å². The van der Waals surface area contributed by atoms with Crippen LogP contribution in [0.15, 0.2) is 59.1 Å². The van der Waals surface area contributed by atoms with Crippen molar-refractivity contribution in [3.05, 3.63) is 70.2 Å². The molecule has 0 bridgehead atoms. The Morgan fingerprint density at radius 3 is 2.29 bits per heavy atom. The molecular formula is C15H13BrO. The highest BCUT2D eigenvalue weighted by molar-refractivity contribution is 9.10. The van der Waals surface area contributed by atoms with E-state index < -0.39 is 0 Å². The van der Waals surface area contributed by atoms with Crippen LogP contribution in [0, 0.1) is 0 Å². The largest absolute Gasteiger partial charge is 0.294 e. The van der Waals surface area contributed by atoms with Crippen molar-refractivity contribution >= 4 is 21.7 Å². The zero-order chi connectivity index (χ0) is 12.1. The van der Waals surface area contributed by atoms with Gasteiger partial charge in [0.15, 0.2) is 5.78 Å². The first kappa shape index (κ1) is 12.1. The van der Waals surface area contributed by atoms with Crippen LogP contribution >= 0.6 is 15.9 Å². The first-order valence-corrected chi connectivity index (χ1v) is 6.38. The number of rotatable bonds is 4. The van der Waals surface area contributed by atoms with Gasteiger partial charge in [0, 0.05) is 16.5 Å². The Hall–Kier alpha value is -1.41. The molecule has 0 saturated heterocycles. The summed E-state index contributed by atoms with van der Waals surface area (Å²) < 4.78 is 1.07. The summed E-state index contributed by atoms with van der Waals surface area (Å²) in [5.41, 5.74) is 1.97. The molecule has 1 nitrogen and oxygen atoms in total. The summed E-state index contributed by atoms with van der Waals surface area (Å²) in [5, 5.41) is 0. The van der Waals surface area contributed by atoms with E-state index in [2.05, 4.69) is 15.9 Å². The van der Waals surface area contributed by atoms with Crippen molar-refractivity contribution in [3.63, 3.8) is 0 Å². The van der Waals surface area contributed by atoms with Crippen LogP contribution in [0.5, 0.6) is 0 Å². The Morgan fingerprint density at radius 1 is 0.941 bits per heavy atom. The molecule has 0 N–H and O–H groups in total. The van der Waals surface area contributed by atoms with Crippen molar-refractivity contribution < 1.29 is 4.79 Å². The van der Waals surface area contributed by atoms with Gasteiger partial charge < -0.3 is 0 Å². The van der Waals surface area contributed by atoms with Crippen LogP contribution in [0.4, 0.5) is 0 Å². The molecule has 0 spiro atoms. The average Bonchev–Trinajstić information content (AvgIpc) is 2.38. The van der Waals surface area contributed by atoms with Gasteiger partial charge >= 0.3 is 0 Å². The second-order valence-corrected chi connectivity index (χ2v) is 4.73. The van der Waals surface area contributed by atoms with Gasteiger partial charge in [-0.25, -0.2) is 0 Å². The minimum atomic E-state index is 0.196. The lowest BCUT2D eigenvalue weighted by Gasteiger charge is -2.03. The highest BCUT2D eigenvalue weighted by Gasteiger charge is 2.06. The Morgan fingerprint density at radius 2 is 1.59 bits per heavy atom. The third kappa shape index (κ3) is 3.27. The molecule has 0 atom stereocenters. The van der Waals surface area contributed by atoms with Crippen LogP contribution in [0.3, 0.4) is 0 Å². The fraction of sp³-hybridized carbons (Fsp3) is 0.133. The maximum absolute atomic E-state index is 11.9. The topological polar surface area (TPSA) is 17.1 Å². The number of carbonyl (C=O) groups is 1. The molecule has 2 aromatic carbocycles. The van der Waals surface area contributed by atoms with Gasteiger partial charge in [0.05, 0.1) is 0 Å². The van der Waals surface area contributed by atoms with Crippen molar-refractivity contribution in [2.75, 3.05) is 0 Å². The summed E-state index contributed by atoms with van der Waals surface area (Å²) in [4.78, 5) is 11.9. The molecule has 2 heteroatoms. The van der Waals surface area contributed by atoms with E-state index >= 15 is 0 Å². The number of aryl methyl sites for hydroxylation is 1. The van der Waals surface area contributed by atoms with Crippen LogP contribution in [-0.2, 0) is 6.42 Å². The van der Waals surface area contributed by atoms with E-state index in [0.717, 1.165) is 16.5 Å². The standard InChI is InChI=1S/C15H13BrO/c16-14-9-5-4-6-12(14)10-11-15(17)13-7-2-1-3-8-13/h1-9H,10-11H2. The second-order valence-electron chi connectivity index (χ2n) is 3.88. The van der Waals surface area contributed by atoms with Crippen molar-refractivity contribution in [2.24, 2.45) is 0 Å².